The van der Waals surface area contributed by atoms with Crippen LogP contribution in [0.1, 0.15) is 22.0 Å². The highest BCUT2D eigenvalue weighted by atomic mass is 35.5. The van der Waals surface area contributed by atoms with Crippen molar-refractivity contribution in [3.05, 3.63) is 58.7 Å². The number of nitrogens with two attached hydrogens (primary N) is 1. The summed E-state index contributed by atoms with van der Waals surface area (Å²) in [5, 5.41) is 0.421. The zero-order chi connectivity index (χ0) is 15.5. The Bertz CT molecular complexity index is 678. The van der Waals surface area contributed by atoms with Gasteiger partial charge in [0.1, 0.15) is 11.9 Å². The normalized spacial score (nSPS) is 18.2. The highest BCUT2D eigenvalue weighted by Crippen LogP contribution is 2.29. The van der Waals surface area contributed by atoms with Gasteiger partial charge in [-0.05, 0) is 11.6 Å². The first-order valence-corrected chi connectivity index (χ1v) is 7.40. The molecule has 2 N–H and O–H groups in total. The summed E-state index contributed by atoms with van der Waals surface area (Å²) < 4.78 is 5.83. The second kappa shape index (κ2) is 6.34. The SMILES string of the molecule is NC(=O)c1cnc(N2CCO[C@@H](c3ccccc3)C2)c(Cl)c1. The Morgan fingerprint density at radius 1 is 1.36 bits per heavy atom. The maximum absolute atomic E-state index is 11.2. The zero-order valence-corrected chi connectivity index (χ0v) is 12.7. The molecule has 1 saturated heterocycles. The lowest BCUT2D eigenvalue weighted by Crippen LogP contribution is -2.39. The number of pyridine rings is 1. The third-order valence-electron chi connectivity index (χ3n) is 3.64. The van der Waals surface area contributed by atoms with E-state index in [9.17, 15) is 4.79 Å². The van der Waals surface area contributed by atoms with Crippen molar-refractivity contribution in [2.24, 2.45) is 5.73 Å². The Kier molecular flexibility index (Phi) is 4.27. The summed E-state index contributed by atoms with van der Waals surface area (Å²) in [6.45, 7) is 1.95. The Labute approximate surface area is 133 Å². The van der Waals surface area contributed by atoms with Gasteiger partial charge in [-0.25, -0.2) is 4.98 Å². The van der Waals surface area contributed by atoms with Crippen LogP contribution in [0.15, 0.2) is 42.6 Å². The molecule has 1 atom stereocenters. The van der Waals surface area contributed by atoms with Crippen molar-refractivity contribution in [3.8, 4) is 0 Å². The number of primary amides is 1. The fourth-order valence-electron chi connectivity index (χ4n) is 2.51. The van der Waals surface area contributed by atoms with Crippen LogP contribution in [0.4, 0.5) is 5.82 Å². The van der Waals surface area contributed by atoms with E-state index in [1.54, 1.807) is 6.07 Å². The quantitative estimate of drug-likeness (QED) is 0.944. The molecule has 1 amide bonds. The van der Waals surface area contributed by atoms with Crippen LogP contribution >= 0.6 is 11.6 Å². The number of carbonyl (C=O) groups excluding carboxylic acids is 1. The number of morpholine rings is 1. The smallest absolute Gasteiger partial charge is 0.250 e. The van der Waals surface area contributed by atoms with Crippen LogP contribution < -0.4 is 10.6 Å². The molecule has 0 aliphatic carbocycles. The van der Waals surface area contributed by atoms with Crippen molar-refractivity contribution in [1.29, 1.82) is 0 Å². The molecule has 3 rings (SSSR count). The molecule has 5 nitrogen and oxygen atoms in total. The van der Waals surface area contributed by atoms with E-state index in [2.05, 4.69) is 9.88 Å². The van der Waals surface area contributed by atoms with Crippen molar-refractivity contribution in [1.82, 2.24) is 4.98 Å². The highest BCUT2D eigenvalue weighted by Gasteiger charge is 2.24. The van der Waals surface area contributed by atoms with Gasteiger partial charge in [0.15, 0.2) is 0 Å². The number of aromatic nitrogens is 1. The molecule has 1 aliphatic rings. The van der Waals surface area contributed by atoms with Crippen LogP contribution in [-0.2, 0) is 4.74 Å². The summed E-state index contributed by atoms with van der Waals surface area (Å²) in [6.07, 6.45) is 1.43. The summed E-state index contributed by atoms with van der Waals surface area (Å²) in [5.41, 5.74) is 6.67. The van der Waals surface area contributed by atoms with Crippen molar-refractivity contribution >= 4 is 23.3 Å². The molecule has 0 spiro atoms. The van der Waals surface area contributed by atoms with E-state index < -0.39 is 5.91 Å². The maximum Gasteiger partial charge on any atom is 0.250 e. The molecule has 1 fully saturated rings. The predicted octanol–water partition coefficient (Wildman–Crippen LogP) is 2.41. The number of amides is 1. The van der Waals surface area contributed by atoms with E-state index >= 15 is 0 Å². The molecule has 6 heteroatoms. The van der Waals surface area contributed by atoms with Gasteiger partial charge in [0, 0.05) is 19.3 Å². The lowest BCUT2D eigenvalue weighted by Gasteiger charge is -2.34. The summed E-state index contributed by atoms with van der Waals surface area (Å²) >= 11 is 6.25. The molecule has 1 aromatic heterocycles. The maximum atomic E-state index is 11.2. The van der Waals surface area contributed by atoms with Crippen LogP contribution in [0.2, 0.25) is 5.02 Å². The minimum absolute atomic E-state index is 0.0244. The first kappa shape index (κ1) is 14.8. The first-order chi connectivity index (χ1) is 10.6. The number of hydrogen-bond donors (Lipinski definition) is 1. The van der Waals surface area contributed by atoms with E-state index in [4.69, 9.17) is 22.1 Å². The van der Waals surface area contributed by atoms with Crippen LogP contribution in [0.3, 0.4) is 0 Å². The second-order valence-electron chi connectivity index (χ2n) is 5.11. The highest BCUT2D eigenvalue weighted by molar-refractivity contribution is 6.33. The number of benzene rings is 1. The van der Waals surface area contributed by atoms with Gasteiger partial charge >= 0.3 is 0 Å². The Hall–Kier alpha value is -2.11. The number of nitrogens with zero attached hydrogens (tertiary/aromatic N) is 2. The van der Waals surface area contributed by atoms with E-state index in [1.165, 1.54) is 6.20 Å². The lowest BCUT2D eigenvalue weighted by atomic mass is 10.1. The fraction of sp³-hybridized carbons (Fsp3) is 0.250. The molecule has 0 unspecified atom stereocenters. The third-order valence-corrected chi connectivity index (χ3v) is 3.92. The van der Waals surface area contributed by atoms with E-state index in [0.29, 0.717) is 36.1 Å². The van der Waals surface area contributed by atoms with Crippen molar-refractivity contribution in [3.63, 3.8) is 0 Å². The largest absolute Gasteiger partial charge is 0.370 e. The number of anilines is 1. The van der Waals surface area contributed by atoms with Crippen LogP contribution in [0.5, 0.6) is 0 Å². The number of halogens is 1. The Morgan fingerprint density at radius 2 is 2.14 bits per heavy atom. The fourth-order valence-corrected chi connectivity index (χ4v) is 2.80. The minimum atomic E-state index is -0.537. The van der Waals surface area contributed by atoms with Gasteiger partial charge in [0.25, 0.3) is 0 Å². The van der Waals surface area contributed by atoms with E-state index in [0.717, 1.165) is 5.56 Å². The van der Waals surface area contributed by atoms with Gasteiger partial charge in [0.05, 0.1) is 17.2 Å². The van der Waals surface area contributed by atoms with Crippen LogP contribution in [0.25, 0.3) is 0 Å². The molecule has 0 saturated carbocycles. The van der Waals surface area contributed by atoms with Gasteiger partial charge in [0.2, 0.25) is 5.91 Å². The van der Waals surface area contributed by atoms with Gasteiger partial charge < -0.3 is 15.4 Å². The van der Waals surface area contributed by atoms with Gasteiger partial charge in [-0.1, -0.05) is 41.9 Å². The molecule has 1 aromatic carbocycles. The predicted molar refractivity (Wildman–Crippen MR) is 85.1 cm³/mol. The summed E-state index contributed by atoms with van der Waals surface area (Å²) in [7, 11) is 0. The number of rotatable bonds is 3. The van der Waals surface area contributed by atoms with Gasteiger partial charge in [-0.3, -0.25) is 4.79 Å². The zero-order valence-electron chi connectivity index (χ0n) is 11.9. The van der Waals surface area contributed by atoms with Gasteiger partial charge in [-0.15, -0.1) is 0 Å². The van der Waals surface area contributed by atoms with Gasteiger partial charge in [-0.2, -0.15) is 0 Å². The molecule has 1 aliphatic heterocycles. The molecular formula is C16H16ClN3O2. The second-order valence-corrected chi connectivity index (χ2v) is 5.52. The first-order valence-electron chi connectivity index (χ1n) is 7.02. The summed E-state index contributed by atoms with van der Waals surface area (Å²) in [5.74, 6) is 0.112. The number of carbonyl (C=O) groups is 1. The average molecular weight is 318 g/mol. The summed E-state index contributed by atoms with van der Waals surface area (Å²) in [4.78, 5) is 17.5. The molecule has 22 heavy (non-hydrogen) atoms. The molecule has 0 bridgehead atoms. The molecule has 2 aromatic rings. The van der Waals surface area contributed by atoms with Crippen molar-refractivity contribution < 1.29 is 9.53 Å². The molecule has 114 valence electrons. The van der Waals surface area contributed by atoms with Crippen LogP contribution in [0, 0.1) is 0 Å². The Balaban J connectivity index is 1.82. The lowest BCUT2D eigenvalue weighted by molar-refractivity contribution is 0.0395. The summed E-state index contributed by atoms with van der Waals surface area (Å²) in [6, 6.07) is 11.6. The monoisotopic (exact) mass is 317 g/mol. The van der Waals surface area contributed by atoms with E-state index in [1.807, 2.05) is 30.3 Å². The number of hydrogen-bond acceptors (Lipinski definition) is 4. The Morgan fingerprint density at radius 3 is 2.82 bits per heavy atom. The van der Waals surface area contributed by atoms with E-state index in [-0.39, 0.29) is 6.10 Å². The van der Waals surface area contributed by atoms with Crippen molar-refractivity contribution in [2.45, 2.75) is 6.10 Å². The average Bonchev–Trinajstić information content (AvgIpc) is 2.55. The molecular weight excluding hydrogens is 302 g/mol. The van der Waals surface area contributed by atoms with Crippen LogP contribution in [-0.4, -0.2) is 30.6 Å². The number of ether oxygens (including phenoxy) is 1. The minimum Gasteiger partial charge on any atom is -0.370 e. The standard InChI is InChI=1S/C16H16ClN3O2/c17-13-8-12(15(18)21)9-19-16(13)20-6-7-22-14(10-20)11-4-2-1-3-5-11/h1-5,8-9,14H,6-7,10H2,(H2,18,21)/t14-/m1/s1. The topological polar surface area (TPSA) is 68.5 Å². The van der Waals surface area contributed by atoms with Crippen molar-refractivity contribution in [2.75, 3.05) is 24.6 Å². The third kappa shape index (κ3) is 3.05. The molecule has 2 heterocycles. The molecule has 0 radical (unpaired) electrons.